The molecule has 0 saturated carbocycles. The van der Waals surface area contributed by atoms with Gasteiger partial charge in [0.25, 0.3) is 0 Å². The van der Waals surface area contributed by atoms with Crippen molar-refractivity contribution in [3.63, 3.8) is 0 Å². The molecule has 0 atom stereocenters. The Hall–Kier alpha value is -1.95. The fraction of sp³-hybridized carbons (Fsp3) is 0.0417. The molecule has 0 unspecified atom stereocenters. The van der Waals surface area contributed by atoms with Gasteiger partial charge in [0.05, 0.1) is 5.56 Å². The van der Waals surface area contributed by atoms with Gasteiger partial charge >= 0.3 is 5.97 Å². The fourth-order valence-corrected chi connectivity index (χ4v) is 6.35. The number of carboxylic acid groups (broad SMARTS) is 1. The zero-order valence-corrected chi connectivity index (χ0v) is 19.7. The first-order chi connectivity index (χ1) is 14.0. The highest BCUT2D eigenvalue weighted by molar-refractivity contribution is 9.13. The molecule has 0 bridgehead atoms. The SMILES string of the molecule is O=C(O)c1c(-c2cccc3c2Cc2ccccc2-3)c(Br)c(Br)c2c(Br)cccc12. The van der Waals surface area contributed by atoms with Gasteiger partial charge in [-0.15, -0.1) is 0 Å². The van der Waals surface area contributed by atoms with Crippen molar-refractivity contribution < 1.29 is 9.90 Å². The van der Waals surface area contributed by atoms with Gasteiger partial charge in [-0.2, -0.15) is 0 Å². The van der Waals surface area contributed by atoms with Crippen LogP contribution in [0.4, 0.5) is 0 Å². The molecule has 1 aliphatic rings. The Morgan fingerprint density at radius 2 is 1.48 bits per heavy atom. The van der Waals surface area contributed by atoms with E-state index in [9.17, 15) is 9.90 Å². The second-order valence-electron chi connectivity index (χ2n) is 7.01. The van der Waals surface area contributed by atoms with E-state index < -0.39 is 5.97 Å². The molecular formula is C24H13Br3O2. The predicted molar refractivity (Wildman–Crippen MR) is 128 cm³/mol. The summed E-state index contributed by atoms with van der Waals surface area (Å²) < 4.78 is 2.44. The molecule has 0 saturated heterocycles. The van der Waals surface area contributed by atoms with E-state index in [2.05, 4.69) is 66.0 Å². The lowest BCUT2D eigenvalue weighted by atomic mass is 9.89. The van der Waals surface area contributed by atoms with Gasteiger partial charge in [0.2, 0.25) is 0 Å². The molecule has 142 valence electrons. The Balaban J connectivity index is 1.90. The number of aromatic carboxylic acids is 1. The van der Waals surface area contributed by atoms with Crippen molar-refractivity contribution in [1.29, 1.82) is 0 Å². The van der Waals surface area contributed by atoms with Crippen LogP contribution in [-0.2, 0) is 6.42 Å². The number of carbonyl (C=O) groups is 1. The van der Waals surface area contributed by atoms with E-state index in [-0.39, 0.29) is 0 Å². The summed E-state index contributed by atoms with van der Waals surface area (Å²) in [4.78, 5) is 12.5. The molecule has 4 aromatic rings. The van der Waals surface area contributed by atoms with Crippen LogP contribution >= 0.6 is 47.8 Å². The van der Waals surface area contributed by atoms with Crippen LogP contribution < -0.4 is 0 Å². The topological polar surface area (TPSA) is 37.3 Å². The first-order valence-electron chi connectivity index (χ1n) is 9.02. The van der Waals surface area contributed by atoms with Crippen molar-refractivity contribution in [2.45, 2.75) is 6.42 Å². The minimum atomic E-state index is -0.940. The molecular weight excluding hydrogens is 560 g/mol. The lowest BCUT2D eigenvalue weighted by Crippen LogP contribution is -2.04. The highest BCUT2D eigenvalue weighted by Crippen LogP contribution is 2.49. The third-order valence-electron chi connectivity index (χ3n) is 5.50. The molecule has 0 fully saturated rings. The lowest BCUT2D eigenvalue weighted by Gasteiger charge is -2.18. The fourth-order valence-electron chi connectivity index (χ4n) is 4.29. The maximum Gasteiger partial charge on any atom is 0.336 e. The van der Waals surface area contributed by atoms with Crippen LogP contribution in [0.25, 0.3) is 33.0 Å². The molecule has 5 heteroatoms. The molecule has 0 aliphatic heterocycles. The monoisotopic (exact) mass is 570 g/mol. The van der Waals surface area contributed by atoms with Crippen LogP contribution in [0.5, 0.6) is 0 Å². The van der Waals surface area contributed by atoms with Crippen LogP contribution in [0.15, 0.2) is 74.1 Å². The molecule has 0 heterocycles. The van der Waals surface area contributed by atoms with Gasteiger partial charge in [-0.1, -0.05) is 70.5 Å². The molecule has 5 rings (SSSR count). The van der Waals surface area contributed by atoms with Gasteiger partial charge in [-0.25, -0.2) is 4.79 Å². The summed E-state index contributed by atoms with van der Waals surface area (Å²) in [6.07, 6.45) is 0.793. The molecule has 1 N–H and O–H groups in total. The molecule has 0 aromatic heterocycles. The number of rotatable bonds is 2. The van der Waals surface area contributed by atoms with E-state index in [1.54, 1.807) is 0 Å². The second kappa shape index (κ2) is 7.08. The highest BCUT2D eigenvalue weighted by atomic mass is 79.9. The quantitative estimate of drug-likeness (QED) is 0.232. The van der Waals surface area contributed by atoms with Crippen LogP contribution in [0, 0.1) is 0 Å². The molecule has 4 aromatic carbocycles. The average Bonchev–Trinajstić information content (AvgIpc) is 3.09. The van der Waals surface area contributed by atoms with Crippen molar-refractivity contribution in [3.05, 3.63) is 90.8 Å². The molecule has 0 spiro atoms. The number of benzene rings is 4. The summed E-state index contributed by atoms with van der Waals surface area (Å²) in [6.45, 7) is 0. The number of carboxylic acids is 1. The van der Waals surface area contributed by atoms with Crippen molar-refractivity contribution in [2.24, 2.45) is 0 Å². The third-order valence-corrected chi connectivity index (χ3v) is 8.28. The summed E-state index contributed by atoms with van der Waals surface area (Å²) in [5.74, 6) is -0.940. The molecule has 1 aliphatic carbocycles. The van der Waals surface area contributed by atoms with E-state index in [4.69, 9.17) is 0 Å². The zero-order valence-electron chi connectivity index (χ0n) is 15.0. The van der Waals surface area contributed by atoms with E-state index in [1.807, 2.05) is 42.5 Å². The minimum Gasteiger partial charge on any atom is -0.478 e. The summed E-state index contributed by atoms with van der Waals surface area (Å²) in [6, 6.07) is 20.2. The maximum atomic E-state index is 12.5. The van der Waals surface area contributed by atoms with Gasteiger partial charge in [0.1, 0.15) is 0 Å². The number of hydrogen-bond donors (Lipinski definition) is 1. The molecule has 29 heavy (non-hydrogen) atoms. The number of hydrogen-bond acceptors (Lipinski definition) is 1. The molecule has 0 amide bonds. The number of halogens is 3. The second-order valence-corrected chi connectivity index (χ2v) is 9.45. The normalized spacial score (nSPS) is 12.1. The maximum absolute atomic E-state index is 12.5. The van der Waals surface area contributed by atoms with Gasteiger partial charge in [-0.3, -0.25) is 0 Å². The summed E-state index contributed by atoms with van der Waals surface area (Å²) >= 11 is 11.0. The first-order valence-corrected chi connectivity index (χ1v) is 11.4. The smallest absolute Gasteiger partial charge is 0.336 e. The van der Waals surface area contributed by atoms with Gasteiger partial charge in [-0.05, 0) is 77.6 Å². The zero-order chi connectivity index (χ0) is 20.3. The Kier molecular flexibility index (Phi) is 4.65. The van der Waals surface area contributed by atoms with Gasteiger partial charge in [0.15, 0.2) is 0 Å². The average molecular weight is 573 g/mol. The van der Waals surface area contributed by atoms with Crippen LogP contribution in [0.3, 0.4) is 0 Å². The number of fused-ring (bicyclic) bond motifs is 4. The minimum absolute atomic E-state index is 0.306. The lowest BCUT2D eigenvalue weighted by molar-refractivity contribution is 0.0700. The summed E-state index contributed by atoms with van der Waals surface area (Å²) in [5.41, 5.74) is 6.79. The van der Waals surface area contributed by atoms with Crippen LogP contribution in [0.2, 0.25) is 0 Å². The van der Waals surface area contributed by atoms with Gasteiger partial charge in [0, 0.05) is 24.4 Å². The van der Waals surface area contributed by atoms with E-state index in [0.29, 0.717) is 16.5 Å². The van der Waals surface area contributed by atoms with Crippen molar-refractivity contribution in [1.82, 2.24) is 0 Å². The Labute approximate surface area is 193 Å². The highest BCUT2D eigenvalue weighted by Gasteiger charge is 2.28. The summed E-state index contributed by atoms with van der Waals surface area (Å²) in [5, 5.41) is 11.7. The third kappa shape index (κ3) is 2.82. The van der Waals surface area contributed by atoms with Gasteiger partial charge < -0.3 is 5.11 Å². The van der Waals surface area contributed by atoms with Crippen molar-refractivity contribution in [3.8, 4) is 22.3 Å². The van der Waals surface area contributed by atoms with Crippen LogP contribution in [0.1, 0.15) is 21.5 Å². The molecule has 0 radical (unpaired) electrons. The van der Waals surface area contributed by atoms with Crippen molar-refractivity contribution in [2.75, 3.05) is 0 Å². The summed E-state index contributed by atoms with van der Waals surface area (Å²) in [7, 11) is 0. The van der Waals surface area contributed by atoms with E-state index >= 15 is 0 Å². The van der Waals surface area contributed by atoms with Crippen molar-refractivity contribution >= 4 is 64.5 Å². The Morgan fingerprint density at radius 1 is 0.793 bits per heavy atom. The first kappa shape index (κ1) is 19.0. The Bertz CT molecular complexity index is 1340. The van der Waals surface area contributed by atoms with E-state index in [1.165, 1.54) is 16.7 Å². The molecule has 2 nitrogen and oxygen atoms in total. The standard InChI is InChI=1S/C24H13Br3O2/c25-18-10-4-9-16-19(18)22(26)23(27)20(21(16)24(28)29)15-8-3-7-14-13-6-2-1-5-12(13)11-17(14)15/h1-10H,11H2,(H,28,29). The van der Waals surface area contributed by atoms with E-state index in [0.717, 1.165) is 36.4 Å². The van der Waals surface area contributed by atoms with Crippen LogP contribution in [-0.4, -0.2) is 11.1 Å². The Morgan fingerprint density at radius 3 is 2.28 bits per heavy atom. The predicted octanol–water partition coefficient (Wildman–Crippen LogP) is 8.06. The largest absolute Gasteiger partial charge is 0.478 e.